The molecule has 1 N–H and O–H groups in total. The molecule has 1 aliphatic heterocycles. The van der Waals surface area contributed by atoms with Crippen LogP contribution in [0.2, 0.25) is 0 Å². The van der Waals surface area contributed by atoms with Gasteiger partial charge in [0.15, 0.2) is 0 Å². The van der Waals surface area contributed by atoms with E-state index in [1.165, 1.54) is 5.56 Å². The van der Waals surface area contributed by atoms with E-state index < -0.39 is 10.0 Å². The van der Waals surface area contributed by atoms with Crippen LogP contribution in [0, 0.1) is 17.2 Å². The Bertz CT molecular complexity index is 1460. The van der Waals surface area contributed by atoms with Gasteiger partial charge in [-0.3, -0.25) is 0 Å². The molecule has 1 aromatic heterocycles. The van der Waals surface area contributed by atoms with E-state index in [-0.39, 0.29) is 17.9 Å². The lowest BCUT2D eigenvalue weighted by Crippen LogP contribution is -2.35. The zero-order chi connectivity index (χ0) is 26.9. The maximum Gasteiger partial charge on any atom is 0.213 e. The van der Waals surface area contributed by atoms with Crippen molar-refractivity contribution < 1.29 is 13.2 Å². The molecule has 2 aliphatic rings. The SMILES string of the molecule is CC(C)Oc1ccc(-c2ncc(-c3cccc4c3CC[C@H]4NS(=O)(=O)CCN3CC[C@H](C)C3)s2)cc1C#N. The van der Waals surface area contributed by atoms with Crippen LogP contribution in [0.3, 0.4) is 0 Å². The minimum Gasteiger partial charge on any atom is -0.490 e. The molecule has 2 heterocycles. The summed E-state index contributed by atoms with van der Waals surface area (Å²) < 4.78 is 34.5. The molecule has 0 amide bonds. The second-order valence-electron chi connectivity index (χ2n) is 10.6. The second kappa shape index (κ2) is 11.1. The molecule has 1 saturated heterocycles. The molecule has 9 heteroatoms. The van der Waals surface area contributed by atoms with Gasteiger partial charge in [-0.2, -0.15) is 5.26 Å². The number of aromatic nitrogens is 1. The van der Waals surface area contributed by atoms with Crippen LogP contribution < -0.4 is 9.46 Å². The highest BCUT2D eigenvalue weighted by molar-refractivity contribution is 7.89. The minimum atomic E-state index is -3.38. The van der Waals surface area contributed by atoms with Gasteiger partial charge in [-0.25, -0.2) is 18.1 Å². The van der Waals surface area contributed by atoms with Gasteiger partial charge in [0.1, 0.15) is 16.8 Å². The maximum absolute atomic E-state index is 12.9. The molecular formula is C29H34N4O3S2. The molecule has 5 rings (SSSR count). The Hall–Kier alpha value is -2.77. The fraction of sp³-hybridized carbons (Fsp3) is 0.448. The Morgan fingerprint density at radius 2 is 2.11 bits per heavy atom. The summed E-state index contributed by atoms with van der Waals surface area (Å²) in [5.41, 5.74) is 4.70. The van der Waals surface area contributed by atoms with Crippen molar-refractivity contribution in [1.29, 1.82) is 5.26 Å². The smallest absolute Gasteiger partial charge is 0.213 e. The number of nitrogens with one attached hydrogen (secondary N) is 1. The molecule has 2 atom stereocenters. The number of hydrogen-bond donors (Lipinski definition) is 1. The van der Waals surface area contributed by atoms with Gasteiger partial charge in [-0.1, -0.05) is 25.1 Å². The zero-order valence-corrected chi connectivity index (χ0v) is 23.7. The van der Waals surface area contributed by atoms with Crippen molar-refractivity contribution in [3.05, 3.63) is 59.3 Å². The number of benzene rings is 2. The largest absolute Gasteiger partial charge is 0.490 e. The van der Waals surface area contributed by atoms with Crippen LogP contribution in [0.5, 0.6) is 5.75 Å². The van der Waals surface area contributed by atoms with Gasteiger partial charge < -0.3 is 9.64 Å². The lowest BCUT2D eigenvalue weighted by molar-refractivity contribution is 0.242. The van der Waals surface area contributed by atoms with Crippen LogP contribution in [0.1, 0.15) is 56.3 Å². The fourth-order valence-corrected chi connectivity index (χ4v) is 7.66. The Morgan fingerprint density at radius 3 is 2.84 bits per heavy atom. The normalized spacial score (nSPS) is 19.6. The highest BCUT2D eigenvalue weighted by Crippen LogP contribution is 2.41. The molecule has 2 aromatic carbocycles. The molecular weight excluding hydrogens is 516 g/mol. The zero-order valence-electron chi connectivity index (χ0n) is 22.1. The maximum atomic E-state index is 12.9. The number of hydrogen-bond acceptors (Lipinski definition) is 7. The van der Waals surface area contributed by atoms with Gasteiger partial charge in [0.2, 0.25) is 10.0 Å². The van der Waals surface area contributed by atoms with Gasteiger partial charge in [0, 0.05) is 30.9 Å². The first-order valence-electron chi connectivity index (χ1n) is 13.2. The Morgan fingerprint density at radius 1 is 1.26 bits per heavy atom. The number of likely N-dealkylation sites (tertiary alicyclic amines) is 1. The average Bonchev–Trinajstić information content (AvgIpc) is 3.63. The van der Waals surface area contributed by atoms with E-state index >= 15 is 0 Å². The molecule has 0 spiro atoms. The first kappa shape index (κ1) is 26.8. The molecule has 0 saturated carbocycles. The van der Waals surface area contributed by atoms with Crippen LogP contribution in [-0.4, -0.2) is 49.8 Å². The summed E-state index contributed by atoms with van der Waals surface area (Å²) in [5, 5.41) is 10.4. The van der Waals surface area contributed by atoms with Crippen molar-refractivity contribution in [2.24, 2.45) is 5.92 Å². The average molecular weight is 551 g/mol. The lowest BCUT2D eigenvalue weighted by atomic mass is 10.0. The summed E-state index contributed by atoms with van der Waals surface area (Å²) in [6.07, 6.45) is 4.56. The van der Waals surface area contributed by atoms with Crippen molar-refractivity contribution >= 4 is 21.4 Å². The Kier molecular flexibility index (Phi) is 7.87. The molecule has 0 unspecified atom stereocenters. The molecule has 0 bridgehead atoms. The summed E-state index contributed by atoms with van der Waals surface area (Å²) in [6, 6.07) is 13.7. The van der Waals surface area contributed by atoms with Crippen molar-refractivity contribution in [3.63, 3.8) is 0 Å². The van der Waals surface area contributed by atoms with Crippen LogP contribution in [0.15, 0.2) is 42.6 Å². The van der Waals surface area contributed by atoms with Crippen LogP contribution in [0.25, 0.3) is 21.0 Å². The number of thiazole rings is 1. The summed E-state index contributed by atoms with van der Waals surface area (Å²) in [5.74, 6) is 1.35. The Balaban J connectivity index is 1.32. The molecule has 200 valence electrons. The van der Waals surface area contributed by atoms with E-state index in [9.17, 15) is 13.7 Å². The molecule has 0 radical (unpaired) electrons. The number of rotatable bonds is 9. The minimum absolute atomic E-state index is 0.0122. The first-order chi connectivity index (χ1) is 18.2. The van der Waals surface area contributed by atoms with E-state index in [1.807, 2.05) is 50.4 Å². The monoisotopic (exact) mass is 550 g/mol. The van der Waals surface area contributed by atoms with Crippen molar-refractivity contribution in [3.8, 4) is 32.8 Å². The third kappa shape index (κ3) is 5.94. The summed E-state index contributed by atoms with van der Waals surface area (Å²) in [6.45, 7) is 8.64. The number of sulfonamides is 1. The standard InChI is InChI=1S/C29H34N4O3S2/c1-19(2)36-27-10-7-21(15-22(27)16-30)29-31-17-28(37-29)25-6-4-5-24-23(25)8-9-26(24)32-38(34,35)14-13-33-12-11-20(3)18-33/h4-7,10,15,17,19-20,26,32H,8-9,11-14,18H2,1-3H3/t20-,26+/m0/s1. The second-order valence-corrected chi connectivity index (χ2v) is 13.5. The van der Waals surface area contributed by atoms with Crippen molar-refractivity contribution in [2.75, 3.05) is 25.4 Å². The van der Waals surface area contributed by atoms with E-state index in [1.54, 1.807) is 11.3 Å². The van der Waals surface area contributed by atoms with Gasteiger partial charge in [-0.15, -0.1) is 11.3 Å². The molecule has 1 fully saturated rings. The summed E-state index contributed by atoms with van der Waals surface area (Å²) in [7, 11) is -3.38. The van der Waals surface area contributed by atoms with Crippen LogP contribution in [0.4, 0.5) is 0 Å². The van der Waals surface area contributed by atoms with Gasteiger partial charge in [0.05, 0.1) is 22.3 Å². The predicted octanol–water partition coefficient (Wildman–Crippen LogP) is 5.38. The highest BCUT2D eigenvalue weighted by atomic mass is 32.2. The van der Waals surface area contributed by atoms with E-state index in [0.29, 0.717) is 23.8 Å². The van der Waals surface area contributed by atoms with Gasteiger partial charge in [-0.05, 0) is 80.5 Å². The summed E-state index contributed by atoms with van der Waals surface area (Å²) >= 11 is 1.58. The fourth-order valence-electron chi connectivity index (χ4n) is 5.40. The number of ether oxygens (including phenoxy) is 1. The lowest BCUT2D eigenvalue weighted by Gasteiger charge is -2.18. The quantitative estimate of drug-likeness (QED) is 0.384. The third-order valence-corrected chi connectivity index (χ3v) is 9.70. The van der Waals surface area contributed by atoms with E-state index in [0.717, 1.165) is 58.9 Å². The molecule has 38 heavy (non-hydrogen) atoms. The molecule has 3 aromatic rings. The third-order valence-electron chi connectivity index (χ3n) is 7.26. The predicted molar refractivity (Wildman–Crippen MR) is 152 cm³/mol. The van der Waals surface area contributed by atoms with Crippen molar-refractivity contribution in [1.82, 2.24) is 14.6 Å². The van der Waals surface area contributed by atoms with Crippen molar-refractivity contribution in [2.45, 2.75) is 52.2 Å². The number of nitrogens with zero attached hydrogens (tertiary/aromatic N) is 3. The topological polar surface area (TPSA) is 95.3 Å². The molecule has 7 nitrogen and oxygen atoms in total. The van der Waals surface area contributed by atoms with E-state index in [2.05, 4.69) is 33.7 Å². The molecule has 1 aliphatic carbocycles. The Labute approximate surface area is 229 Å². The van der Waals surface area contributed by atoms with Gasteiger partial charge in [0.25, 0.3) is 0 Å². The van der Waals surface area contributed by atoms with Crippen LogP contribution >= 0.6 is 11.3 Å². The van der Waals surface area contributed by atoms with E-state index in [4.69, 9.17) is 4.74 Å². The number of nitriles is 1. The van der Waals surface area contributed by atoms with Gasteiger partial charge >= 0.3 is 0 Å². The van der Waals surface area contributed by atoms with Crippen LogP contribution in [-0.2, 0) is 16.4 Å². The number of fused-ring (bicyclic) bond motifs is 1. The first-order valence-corrected chi connectivity index (χ1v) is 15.7. The highest BCUT2D eigenvalue weighted by Gasteiger charge is 2.29. The summed E-state index contributed by atoms with van der Waals surface area (Å²) in [4.78, 5) is 7.93.